The molecular weight excluding hydrogens is 336 g/mol. The first-order chi connectivity index (χ1) is 11.7. The fraction of sp³-hybridized carbons (Fsp3) is 0.450. The zero-order chi connectivity index (χ0) is 17.9. The van der Waals surface area contributed by atoms with Gasteiger partial charge < -0.3 is 14.6 Å². The maximum atomic E-state index is 12.0. The highest BCUT2D eigenvalue weighted by Gasteiger charge is 2.69. The minimum atomic E-state index is -0.459. The second-order valence-electron chi connectivity index (χ2n) is 8.48. The third-order valence-corrected chi connectivity index (χ3v) is 5.44. The summed E-state index contributed by atoms with van der Waals surface area (Å²) in [6.45, 7) is 5.65. The highest BCUT2D eigenvalue weighted by Crippen LogP contribution is 2.65. The van der Waals surface area contributed by atoms with Gasteiger partial charge in [-0.05, 0) is 69.4 Å². The summed E-state index contributed by atoms with van der Waals surface area (Å²) in [4.78, 5) is 12.0. The van der Waals surface area contributed by atoms with Crippen molar-refractivity contribution in [2.75, 3.05) is 0 Å². The Bertz CT molecular complexity index is 797. The summed E-state index contributed by atoms with van der Waals surface area (Å²) in [5.41, 5.74) is 1.97. The van der Waals surface area contributed by atoms with Crippen LogP contribution in [0.4, 0.5) is 4.79 Å². The zero-order valence-corrected chi connectivity index (χ0v) is 15.6. The lowest BCUT2D eigenvalue weighted by atomic mass is 9.44. The number of nitrogens with zero attached hydrogens (tertiary/aromatic N) is 1. The molecule has 0 saturated heterocycles. The van der Waals surface area contributed by atoms with E-state index in [0.29, 0.717) is 0 Å². The van der Waals surface area contributed by atoms with Crippen LogP contribution in [-0.2, 0) is 10.3 Å². The van der Waals surface area contributed by atoms with Gasteiger partial charge in [0.15, 0.2) is 0 Å². The van der Waals surface area contributed by atoms with Gasteiger partial charge in [0.2, 0.25) is 0 Å². The maximum Gasteiger partial charge on any atom is 0.408 e. The van der Waals surface area contributed by atoms with Gasteiger partial charge >= 0.3 is 6.09 Å². The van der Waals surface area contributed by atoms with Crippen molar-refractivity contribution in [2.45, 2.75) is 56.7 Å². The molecule has 3 aliphatic rings. The van der Waals surface area contributed by atoms with E-state index in [1.54, 1.807) is 0 Å². The Labute approximate surface area is 153 Å². The van der Waals surface area contributed by atoms with Gasteiger partial charge in [-0.3, -0.25) is 0 Å². The molecule has 0 radical (unpaired) electrons. The lowest BCUT2D eigenvalue weighted by Crippen LogP contribution is -2.78. The SMILES string of the molecule is CC(C)(C)OC(=O)NC12CC(n3ccc(-c4ccc(Cl)cc4)c3)(C1)C2. The molecule has 3 fully saturated rings. The first-order valence-electron chi connectivity index (χ1n) is 8.64. The molecule has 4 nitrogen and oxygen atoms in total. The quantitative estimate of drug-likeness (QED) is 0.842. The Hall–Kier alpha value is -1.94. The minimum absolute atomic E-state index is 0.0764. The van der Waals surface area contributed by atoms with Gasteiger partial charge in [-0.2, -0.15) is 0 Å². The molecule has 0 spiro atoms. The molecule has 1 amide bonds. The number of hydrogen-bond donors (Lipinski definition) is 1. The van der Waals surface area contributed by atoms with Gasteiger partial charge in [0.1, 0.15) is 5.60 Å². The lowest BCUT2D eigenvalue weighted by Gasteiger charge is -2.70. The van der Waals surface area contributed by atoms with Gasteiger partial charge in [-0.1, -0.05) is 23.7 Å². The molecule has 1 heterocycles. The van der Waals surface area contributed by atoms with Crippen LogP contribution >= 0.6 is 11.6 Å². The van der Waals surface area contributed by atoms with Crippen molar-refractivity contribution in [2.24, 2.45) is 0 Å². The second kappa shape index (κ2) is 5.28. The number of carbonyl (C=O) groups is 1. The Morgan fingerprint density at radius 3 is 2.36 bits per heavy atom. The zero-order valence-electron chi connectivity index (χ0n) is 14.8. The monoisotopic (exact) mass is 358 g/mol. The molecule has 0 aliphatic heterocycles. The van der Waals surface area contributed by atoms with Crippen LogP contribution in [0.3, 0.4) is 0 Å². The predicted molar refractivity (Wildman–Crippen MR) is 98.8 cm³/mol. The number of alkyl carbamates (subject to hydrolysis) is 1. The smallest absolute Gasteiger partial charge is 0.408 e. The molecule has 3 saturated carbocycles. The number of rotatable bonds is 3. The van der Waals surface area contributed by atoms with E-state index in [1.165, 1.54) is 5.56 Å². The molecule has 5 heteroatoms. The van der Waals surface area contributed by atoms with Crippen LogP contribution in [0.15, 0.2) is 42.7 Å². The van der Waals surface area contributed by atoms with Crippen LogP contribution < -0.4 is 5.32 Å². The molecule has 2 bridgehead atoms. The first-order valence-corrected chi connectivity index (χ1v) is 9.02. The fourth-order valence-electron chi connectivity index (χ4n) is 4.17. The van der Waals surface area contributed by atoms with Crippen molar-refractivity contribution < 1.29 is 9.53 Å². The van der Waals surface area contributed by atoms with Crippen molar-refractivity contribution in [1.82, 2.24) is 9.88 Å². The third kappa shape index (κ3) is 2.93. The highest BCUT2D eigenvalue weighted by molar-refractivity contribution is 6.30. The molecule has 1 aromatic carbocycles. The minimum Gasteiger partial charge on any atom is -0.444 e. The summed E-state index contributed by atoms with van der Waals surface area (Å²) in [6.07, 6.45) is 6.92. The Morgan fingerprint density at radius 2 is 1.76 bits per heavy atom. The fourth-order valence-corrected chi connectivity index (χ4v) is 4.29. The van der Waals surface area contributed by atoms with Crippen molar-refractivity contribution in [1.29, 1.82) is 0 Å². The van der Waals surface area contributed by atoms with Gasteiger partial charge in [0.05, 0.1) is 11.1 Å². The molecule has 1 aromatic heterocycles. The van der Waals surface area contributed by atoms with E-state index in [0.717, 1.165) is 29.8 Å². The average molecular weight is 359 g/mol. The predicted octanol–water partition coefficient (Wildman–Crippen LogP) is 4.96. The van der Waals surface area contributed by atoms with E-state index in [2.05, 4.69) is 28.3 Å². The van der Waals surface area contributed by atoms with E-state index in [9.17, 15) is 4.79 Å². The number of amides is 1. The van der Waals surface area contributed by atoms with Gasteiger partial charge in [0.25, 0.3) is 0 Å². The van der Waals surface area contributed by atoms with Crippen LogP contribution in [0.5, 0.6) is 0 Å². The normalized spacial score (nSPS) is 27.2. The van der Waals surface area contributed by atoms with Crippen LogP contribution in [0, 0.1) is 0 Å². The van der Waals surface area contributed by atoms with Crippen molar-refractivity contribution in [3.8, 4) is 11.1 Å². The Morgan fingerprint density at radius 1 is 1.12 bits per heavy atom. The number of hydrogen-bond acceptors (Lipinski definition) is 2. The highest BCUT2D eigenvalue weighted by atomic mass is 35.5. The largest absolute Gasteiger partial charge is 0.444 e. The van der Waals surface area contributed by atoms with Crippen molar-refractivity contribution in [3.05, 3.63) is 47.7 Å². The van der Waals surface area contributed by atoms with E-state index >= 15 is 0 Å². The van der Waals surface area contributed by atoms with E-state index in [4.69, 9.17) is 16.3 Å². The number of halogens is 1. The summed E-state index contributed by atoms with van der Waals surface area (Å²) < 4.78 is 7.68. The molecule has 3 aliphatic carbocycles. The standard InChI is InChI=1S/C20H23ClN2O2/c1-18(2,3)25-17(24)22-19-11-20(12-19,13-19)23-9-8-15(10-23)14-4-6-16(21)7-5-14/h4-10H,11-13H2,1-3H3,(H,22,24). The topological polar surface area (TPSA) is 43.3 Å². The first kappa shape index (κ1) is 16.5. The molecule has 5 rings (SSSR count). The number of ether oxygens (including phenoxy) is 1. The van der Waals surface area contributed by atoms with Gasteiger partial charge in [-0.25, -0.2) is 4.79 Å². The lowest BCUT2D eigenvalue weighted by molar-refractivity contribution is -0.136. The Kier molecular flexibility index (Phi) is 3.49. The van der Waals surface area contributed by atoms with Crippen LogP contribution in [0.25, 0.3) is 11.1 Å². The number of benzene rings is 1. The second-order valence-corrected chi connectivity index (χ2v) is 8.91. The van der Waals surface area contributed by atoms with Gasteiger partial charge in [-0.15, -0.1) is 0 Å². The van der Waals surface area contributed by atoms with Crippen LogP contribution in [-0.4, -0.2) is 21.8 Å². The molecule has 25 heavy (non-hydrogen) atoms. The molecule has 2 aromatic rings. The van der Waals surface area contributed by atoms with Gasteiger partial charge in [0, 0.05) is 17.4 Å². The molecule has 0 unspecified atom stereocenters. The number of nitrogens with one attached hydrogen (secondary N) is 1. The average Bonchev–Trinajstić information content (AvgIpc) is 2.89. The molecule has 132 valence electrons. The maximum absolute atomic E-state index is 12.0. The summed E-state index contributed by atoms with van der Waals surface area (Å²) >= 11 is 5.96. The molecular formula is C20H23ClN2O2. The van der Waals surface area contributed by atoms with Crippen LogP contribution in [0.1, 0.15) is 40.0 Å². The van der Waals surface area contributed by atoms with Crippen molar-refractivity contribution in [3.63, 3.8) is 0 Å². The summed E-state index contributed by atoms with van der Waals surface area (Å²) in [5, 5.41) is 3.81. The summed E-state index contributed by atoms with van der Waals surface area (Å²) in [6, 6.07) is 10.0. The van der Waals surface area contributed by atoms with Crippen LogP contribution in [0.2, 0.25) is 5.02 Å². The third-order valence-electron chi connectivity index (χ3n) is 5.19. The number of carbonyl (C=O) groups excluding carboxylic acids is 1. The summed E-state index contributed by atoms with van der Waals surface area (Å²) in [5.74, 6) is 0. The van der Waals surface area contributed by atoms with E-state index in [-0.39, 0.29) is 17.2 Å². The Balaban J connectivity index is 1.40. The number of aromatic nitrogens is 1. The molecule has 1 N–H and O–H groups in total. The van der Waals surface area contributed by atoms with E-state index in [1.807, 2.05) is 45.0 Å². The van der Waals surface area contributed by atoms with E-state index < -0.39 is 5.60 Å². The molecule has 0 atom stereocenters. The van der Waals surface area contributed by atoms with Crippen molar-refractivity contribution >= 4 is 17.7 Å². The summed E-state index contributed by atoms with van der Waals surface area (Å²) in [7, 11) is 0.